The number of aryl methyl sites for hydroxylation is 3. The van der Waals surface area contributed by atoms with Gasteiger partial charge >= 0.3 is 0 Å². The Kier molecular flexibility index (Phi) is 4.78. The standard InChI is InChI=1S/C21H23NO4S/c1-13-12-20(26-4)14(2)10-18(13)22(27(5,24)25)21-15(3)11-19(23)16-8-6-7-9-17(16)21/h6-12,23H,1-5H3. The van der Waals surface area contributed by atoms with Crippen molar-refractivity contribution < 1.29 is 18.3 Å². The van der Waals surface area contributed by atoms with Gasteiger partial charge in [0.2, 0.25) is 10.0 Å². The summed E-state index contributed by atoms with van der Waals surface area (Å²) in [5.74, 6) is 0.833. The second-order valence-corrected chi connectivity index (χ2v) is 8.57. The van der Waals surface area contributed by atoms with Crippen molar-refractivity contribution in [1.29, 1.82) is 0 Å². The molecule has 27 heavy (non-hydrogen) atoms. The van der Waals surface area contributed by atoms with Crippen LogP contribution in [-0.4, -0.2) is 26.9 Å². The van der Waals surface area contributed by atoms with Crippen LogP contribution in [0.1, 0.15) is 16.7 Å². The predicted octanol–water partition coefficient (Wildman–Crippen LogP) is 4.58. The second-order valence-electron chi connectivity index (χ2n) is 6.74. The summed E-state index contributed by atoms with van der Waals surface area (Å²) in [6, 6.07) is 12.5. The van der Waals surface area contributed by atoms with Crippen LogP contribution in [0, 0.1) is 20.8 Å². The van der Waals surface area contributed by atoms with Gasteiger partial charge in [0.25, 0.3) is 0 Å². The molecule has 3 rings (SSSR count). The Hall–Kier alpha value is -2.73. The molecule has 0 aliphatic rings. The average Bonchev–Trinajstić information content (AvgIpc) is 2.59. The molecule has 0 fully saturated rings. The molecule has 0 spiro atoms. The van der Waals surface area contributed by atoms with E-state index in [1.54, 1.807) is 26.2 Å². The lowest BCUT2D eigenvalue weighted by molar-refractivity contribution is 0.411. The highest BCUT2D eigenvalue weighted by Crippen LogP contribution is 2.42. The van der Waals surface area contributed by atoms with E-state index >= 15 is 0 Å². The van der Waals surface area contributed by atoms with Crippen molar-refractivity contribution in [3.05, 3.63) is 59.2 Å². The van der Waals surface area contributed by atoms with Gasteiger partial charge in [0.1, 0.15) is 11.5 Å². The van der Waals surface area contributed by atoms with Gasteiger partial charge in [0.15, 0.2) is 0 Å². The van der Waals surface area contributed by atoms with Crippen LogP contribution in [0.5, 0.6) is 11.5 Å². The zero-order valence-corrected chi connectivity index (χ0v) is 16.9. The summed E-state index contributed by atoms with van der Waals surface area (Å²) in [4.78, 5) is 0. The Labute approximate surface area is 159 Å². The van der Waals surface area contributed by atoms with Gasteiger partial charge in [-0.15, -0.1) is 0 Å². The van der Waals surface area contributed by atoms with Crippen molar-refractivity contribution in [2.45, 2.75) is 20.8 Å². The van der Waals surface area contributed by atoms with Gasteiger partial charge in [0, 0.05) is 10.8 Å². The van der Waals surface area contributed by atoms with E-state index in [1.165, 1.54) is 10.6 Å². The van der Waals surface area contributed by atoms with Gasteiger partial charge in [-0.2, -0.15) is 0 Å². The topological polar surface area (TPSA) is 66.8 Å². The van der Waals surface area contributed by atoms with Gasteiger partial charge in [-0.3, -0.25) is 0 Å². The molecule has 3 aromatic carbocycles. The number of hydrogen-bond acceptors (Lipinski definition) is 4. The summed E-state index contributed by atoms with van der Waals surface area (Å²) in [5, 5.41) is 11.6. The van der Waals surface area contributed by atoms with Crippen LogP contribution in [0.3, 0.4) is 0 Å². The Bertz CT molecular complexity index is 1140. The fraction of sp³-hybridized carbons (Fsp3) is 0.238. The van der Waals surface area contributed by atoms with E-state index in [-0.39, 0.29) is 5.75 Å². The predicted molar refractivity (Wildman–Crippen MR) is 110 cm³/mol. The average molecular weight is 385 g/mol. The minimum Gasteiger partial charge on any atom is -0.507 e. The van der Waals surface area contributed by atoms with Gasteiger partial charge < -0.3 is 9.84 Å². The van der Waals surface area contributed by atoms with Gasteiger partial charge in [-0.25, -0.2) is 12.7 Å². The summed E-state index contributed by atoms with van der Waals surface area (Å²) < 4.78 is 32.4. The first-order valence-electron chi connectivity index (χ1n) is 8.52. The first-order chi connectivity index (χ1) is 12.6. The normalized spacial score (nSPS) is 11.6. The van der Waals surface area contributed by atoms with Gasteiger partial charge in [-0.1, -0.05) is 24.3 Å². The molecule has 0 unspecified atom stereocenters. The molecule has 5 nitrogen and oxygen atoms in total. The molecule has 0 aliphatic carbocycles. The molecule has 0 amide bonds. The number of anilines is 2. The monoisotopic (exact) mass is 385 g/mol. The molecule has 0 aliphatic heterocycles. The second kappa shape index (κ2) is 6.78. The SMILES string of the molecule is COc1cc(C)c(N(c2c(C)cc(O)c3ccccc23)S(C)(=O)=O)cc1C. The third-order valence-corrected chi connectivity index (χ3v) is 5.69. The number of phenolic OH excluding ortho intramolecular Hbond substituents is 1. The number of nitrogens with zero attached hydrogens (tertiary/aromatic N) is 1. The van der Waals surface area contributed by atoms with Gasteiger partial charge in [0.05, 0.1) is 24.7 Å². The summed E-state index contributed by atoms with van der Waals surface area (Å²) >= 11 is 0. The van der Waals surface area contributed by atoms with Crippen LogP contribution in [0.2, 0.25) is 0 Å². The zero-order chi connectivity index (χ0) is 19.9. The Balaban J connectivity index is 2.42. The molecule has 1 N–H and O–H groups in total. The third-order valence-electron chi connectivity index (χ3n) is 4.65. The molecular formula is C21H23NO4S. The van der Waals surface area contributed by atoms with E-state index in [1.807, 2.05) is 44.2 Å². The molecule has 0 saturated carbocycles. The van der Waals surface area contributed by atoms with E-state index in [9.17, 15) is 13.5 Å². The first kappa shape index (κ1) is 19.0. The highest BCUT2D eigenvalue weighted by atomic mass is 32.2. The van der Waals surface area contributed by atoms with Crippen molar-refractivity contribution in [1.82, 2.24) is 0 Å². The Morgan fingerprint density at radius 2 is 1.56 bits per heavy atom. The van der Waals surface area contributed by atoms with E-state index in [4.69, 9.17) is 4.74 Å². The zero-order valence-electron chi connectivity index (χ0n) is 16.1. The Morgan fingerprint density at radius 3 is 2.15 bits per heavy atom. The van der Waals surface area contributed by atoms with E-state index in [0.29, 0.717) is 33.5 Å². The molecule has 142 valence electrons. The molecule has 0 radical (unpaired) electrons. The fourth-order valence-electron chi connectivity index (χ4n) is 3.42. The minimum absolute atomic E-state index is 0.128. The molecule has 6 heteroatoms. The van der Waals surface area contributed by atoms with Crippen LogP contribution in [-0.2, 0) is 10.0 Å². The molecule has 0 heterocycles. The number of rotatable bonds is 4. The third kappa shape index (κ3) is 3.32. The number of sulfonamides is 1. The van der Waals surface area contributed by atoms with Crippen molar-refractivity contribution in [3.63, 3.8) is 0 Å². The van der Waals surface area contributed by atoms with Crippen LogP contribution in [0.25, 0.3) is 10.8 Å². The molecule has 0 saturated heterocycles. The maximum Gasteiger partial charge on any atom is 0.236 e. The fourth-order valence-corrected chi connectivity index (χ4v) is 4.55. The number of benzene rings is 3. The van der Waals surface area contributed by atoms with E-state index in [0.717, 1.165) is 11.1 Å². The van der Waals surface area contributed by atoms with Crippen molar-refractivity contribution in [2.75, 3.05) is 17.7 Å². The lowest BCUT2D eigenvalue weighted by atomic mass is 10.0. The quantitative estimate of drug-likeness (QED) is 0.714. The van der Waals surface area contributed by atoms with E-state index < -0.39 is 10.0 Å². The van der Waals surface area contributed by atoms with Crippen molar-refractivity contribution in [3.8, 4) is 11.5 Å². The number of hydrogen-bond donors (Lipinski definition) is 1. The lowest BCUT2D eigenvalue weighted by Crippen LogP contribution is -2.26. The summed E-state index contributed by atoms with van der Waals surface area (Å²) in [6.07, 6.45) is 1.19. The number of fused-ring (bicyclic) bond motifs is 1. The Morgan fingerprint density at radius 1 is 0.926 bits per heavy atom. The van der Waals surface area contributed by atoms with Crippen LogP contribution in [0.15, 0.2) is 42.5 Å². The smallest absolute Gasteiger partial charge is 0.236 e. The molecule has 0 bridgehead atoms. The first-order valence-corrected chi connectivity index (χ1v) is 10.4. The number of methoxy groups -OCH3 is 1. The number of ether oxygens (including phenoxy) is 1. The van der Waals surface area contributed by atoms with Crippen LogP contribution in [0.4, 0.5) is 11.4 Å². The lowest BCUT2D eigenvalue weighted by Gasteiger charge is -2.28. The van der Waals surface area contributed by atoms with Gasteiger partial charge in [-0.05, 0) is 55.7 Å². The summed E-state index contributed by atoms with van der Waals surface area (Å²) in [7, 11) is -2.06. The highest BCUT2D eigenvalue weighted by Gasteiger charge is 2.26. The van der Waals surface area contributed by atoms with Crippen LogP contribution < -0.4 is 9.04 Å². The molecular weight excluding hydrogens is 362 g/mol. The summed E-state index contributed by atoms with van der Waals surface area (Å²) in [5.41, 5.74) is 3.39. The van der Waals surface area contributed by atoms with Crippen LogP contribution >= 0.6 is 0 Å². The number of aromatic hydroxyl groups is 1. The largest absolute Gasteiger partial charge is 0.507 e. The minimum atomic E-state index is -3.65. The van der Waals surface area contributed by atoms with Crippen molar-refractivity contribution >= 4 is 32.2 Å². The van der Waals surface area contributed by atoms with Crippen molar-refractivity contribution in [2.24, 2.45) is 0 Å². The number of phenols is 1. The molecule has 0 atom stereocenters. The maximum atomic E-state index is 12.9. The molecule has 3 aromatic rings. The molecule has 0 aromatic heterocycles. The summed E-state index contributed by atoms with van der Waals surface area (Å²) in [6.45, 7) is 5.53. The maximum absolute atomic E-state index is 12.9. The highest BCUT2D eigenvalue weighted by molar-refractivity contribution is 7.92. The van der Waals surface area contributed by atoms with E-state index in [2.05, 4.69) is 0 Å².